The molecule has 0 unspecified atom stereocenters. The van der Waals surface area contributed by atoms with Gasteiger partial charge in [0, 0.05) is 38.9 Å². The standard InChI is InChI=1S/C17H20N6O/c1-12-8-13-10-20-23(16(13)19-9-12)11-15(24)22(4)14-6-5-7-18-17(14)21(2)3/h5-10H,11H2,1-4H3. The van der Waals surface area contributed by atoms with Crippen LogP contribution in [0.15, 0.2) is 36.8 Å². The highest BCUT2D eigenvalue weighted by atomic mass is 16.2. The van der Waals surface area contributed by atoms with Gasteiger partial charge in [-0.15, -0.1) is 0 Å². The molecule has 0 bridgehead atoms. The summed E-state index contributed by atoms with van der Waals surface area (Å²) in [5, 5.41) is 5.22. The van der Waals surface area contributed by atoms with Crippen LogP contribution in [0.4, 0.5) is 11.5 Å². The molecular weight excluding hydrogens is 304 g/mol. The van der Waals surface area contributed by atoms with Crippen molar-refractivity contribution in [2.24, 2.45) is 0 Å². The van der Waals surface area contributed by atoms with Crippen LogP contribution in [-0.2, 0) is 11.3 Å². The SMILES string of the molecule is Cc1cnc2c(cnn2CC(=O)N(C)c2cccnc2N(C)C)c1. The van der Waals surface area contributed by atoms with Crippen molar-refractivity contribution < 1.29 is 4.79 Å². The second kappa shape index (κ2) is 6.27. The molecule has 3 heterocycles. The highest BCUT2D eigenvalue weighted by Gasteiger charge is 2.18. The van der Waals surface area contributed by atoms with Crippen LogP contribution in [0.5, 0.6) is 0 Å². The van der Waals surface area contributed by atoms with Gasteiger partial charge in [0.1, 0.15) is 6.54 Å². The van der Waals surface area contributed by atoms with Gasteiger partial charge in [-0.3, -0.25) is 4.79 Å². The Morgan fingerprint density at radius 2 is 2.00 bits per heavy atom. The molecule has 0 aliphatic rings. The summed E-state index contributed by atoms with van der Waals surface area (Å²) in [5.74, 6) is 0.658. The van der Waals surface area contributed by atoms with E-state index in [1.807, 2.05) is 44.1 Å². The van der Waals surface area contributed by atoms with Gasteiger partial charge in [0.2, 0.25) is 5.91 Å². The Kier molecular flexibility index (Phi) is 4.16. The minimum absolute atomic E-state index is 0.0847. The average molecular weight is 324 g/mol. The van der Waals surface area contributed by atoms with Gasteiger partial charge in [-0.2, -0.15) is 5.10 Å². The number of anilines is 2. The van der Waals surface area contributed by atoms with Crippen LogP contribution in [0, 0.1) is 6.92 Å². The van der Waals surface area contributed by atoms with E-state index in [0.717, 1.165) is 22.5 Å². The van der Waals surface area contributed by atoms with Crippen LogP contribution in [0.25, 0.3) is 11.0 Å². The fourth-order valence-electron chi connectivity index (χ4n) is 2.56. The van der Waals surface area contributed by atoms with Crippen molar-refractivity contribution in [1.82, 2.24) is 19.7 Å². The Hall–Kier alpha value is -2.96. The fraction of sp³-hybridized carbons (Fsp3) is 0.294. The maximum Gasteiger partial charge on any atom is 0.248 e. The van der Waals surface area contributed by atoms with E-state index in [9.17, 15) is 4.79 Å². The minimum Gasteiger partial charge on any atom is -0.361 e. The first-order chi connectivity index (χ1) is 11.5. The molecule has 3 aromatic heterocycles. The van der Waals surface area contributed by atoms with Crippen molar-refractivity contribution in [3.05, 3.63) is 42.4 Å². The molecule has 0 aromatic carbocycles. The van der Waals surface area contributed by atoms with E-state index >= 15 is 0 Å². The molecule has 3 rings (SSSR count). The van der Waals surface area contributed by atoms with E-state index in [1.165, 1.54) is 0 Å². The highest BCUT2D eigenvalue weighted by molar-refractivity contribution is 5.96. The summed E-state index contributed by atoms with van der Waals surface area (Å²) in [4.78, 5) is 24.9. The quantitative estimate of drug-likeness (QED) is 0.733. The first kappa shape index (κ1) is 15.9. The molecule has 124 valence electrons. The number of carbonyl (C=O) groups is 1. The van der Waals surface area contributed by atoms with Crippen molar-refractivity contribution in [1.29, 1.82) is 0 Å². The number of rotatable bonds is 4. The number of aromatic nitrogens is 4. The summed E-state index contributed by atoms with van der Waals surface area (Å²) in [6.07, 6.45) is 5.22. The van der Waals surface area contributed by atoms with Crippen LogP contribution >= 0.6 is 0 Å². The van der Waals surface area contributed by atoms with E-state index in [4.69, 9.17) is 0 Å². The molecule has 7 nitrogen and oxygen atoms in total. The Labute approximate surface area is 140 Å². The fourth-order valence-corrected chi connectivity index (χ4v) is 2.56. The van der Waals surface area contributed by atoms with E-state index in [1.54, 1.807) is 35.2 Å². The van der Waals surface area contributed by atoms with Crippen molar-refractivity contribution in [2.45, 2.75) is 13.5 Å². The average Bonchev–Trinajstić information content (AvgIpc) is 2.96. The van der Waals surface area contributed by atoms with Gasteiger partial charge >= 0.3 is 0 Å². The molecule has 7 heteroatoms. The zero-order valence-corrected chi connectivity index (χ0v) is 14.3. The molecular formula is C17H20N6O. The maximum absolute atomic E-state index is 12.7. The third-order valence-corrected chi connectivity index (χ3v) is 3.82. The number of fused-ring (bicyclic) bond motifs is 1. The van der Waals surface area contributed by atoms with Gasteiger partial charge in [-0.25, -0.2) is 14.6 Å². The van der Waals surface area contributed by atoms with Crippen LogP contribution in [-0.4, -0.2) is 46.8 Å². The molecule has 0 N–H and O–H groups in total. The number of hydrogen-bond acceptors (Lipinski definition) is 5. The first-order valence-electron chi connectivity index (χ1n) is 7.64. The molecule has 0 saturated heterocycles. The summed E-state index contributed by atoms with van der Waals surface area (Å²) >= 11 is 0. The second-order valence-corrected chi connectivity index (χ2v) is 5.92. The second-order valence-electron chi connectivity index (χ2n) is 5.92. The van der Waals surface area contributed by atoms with Gasteiger partial charge in [-0.1, -0.05) is 0 Å². The number of carbonyl (C=O) groups excluding carboxylic acids is 1. The van der Waals surface area contributed by atoms with Crippen LogP contribution in [0.3, 0.4) is 0 Å². The number of pyridine rings is 2. The number of hydrogen-bond donors (Lipinski definition) is 0. The number of likely N-dealkylation sites (N-methyl/N-ethyl adjacent to an activating group) is 1. The number of aryl methyl sites for hydroxylation is 1. The molecule has 0 aliphatic heterocycles. The molecule has 3 aromatic rings. The molecule has 1 amide bonds. The lowest BCUT2D eigenvalue weighted by Crippen LogP contribution is -2.32. The molecule has 24 heavy (non-hydrogen) atoms. The van der Waals surface area contributed by atoms with Crippen molar-refractivity contribution in [3.63, 3.8) is 0 Å². The highest BCUT2D eigenvalue weighted by Crippen LogP contribution is 2.24. The van der Waals surface area contributed by atoms with E-state index in [-0.39, 0.29) is 12.5 Å². The Balaban J connectivity index is 1.86. The number of amides is 1. The van der Waals surface area contributed by atoms with Gasteiger partial charge in [0.05, 0.1) is 11.9 Å². The lowest BCUT2D eigenvalue weighted by molar-refractivity contribution is -0.119. The zero-order valence-electron chi connectivity index (χ0n) is 14.3. The smallest absolute Gasteiger partial charge is 0.248 e. The van der Waals surface area contributed by atoms with Crippen LogP contribution < -0.4 is 9.80 Å². The van der Waals surface area contributed by atoms with Crippen molar-refractivity contribution in [3.8, 4) is 0 Å². The van der Waals surface area contributed by atoms with Gasteiger partial charge in [0.25, 0.3) is 0 Å². The molecule has 0 saturated carbocycles. The topological polar surface area (TPSA) is 67.2 Å². The largest absolute Gasteiger partial charge is 0.361 e. The van der Waals surface area contributed by atoms with Crippen LogP contribution in [0.2, 0.25) is 0 Å². The summed E-state index contributed by atoms with van der Waals surface area (Å²) in [7, 11) is 5.55. The predicted octanol–water partition coefficient (Wildman–Crippen LogP) is 1.86. The summed E-state index contributed by atoms with van der Waals surface area (Å²) < 4.78 is 1.62. The monoisotopic (exact) mass is 324 g/mol. The Morgan fingerprint density at radius 1 is 1.21 bits per heavy atom. The van der Waals surface area contributed by atoms with Crippen molar-refractivity contribution >= 4 is 28.4 Å². The normalized spacial score (nSPS) is 10.8. The van der Waals surface area contributed by atoms with Gasteiger partial charge < -0.3 is 9.80 Å². The predicted molar refractivity (Wildman–Crippen MR) is 94.2 cm³/mol. The molecule has 0 fully saturated rings. The summed E-state index contributed by atoms with van der Waals surface area (Å²) in [5.41, 5.74) is 2.53. The van der Waals surface area contributed by atoms with E-state index < -0.39 is 0 Å². The third-order valence-electron chi connectivity index (χ3n) is 3.82. The summed E-state index contributed by atoms with van der Waals surface area (Å²) in [6, 6.07) is 5.70. The molecule has 0 spiro atoms. The van der Waals surface area contributed by atoms with E-state index in [2.05, 4.69) is 15.1 Å². The molecule has 0 atom stereocenters. The lowest BCUT2D eigenvalue weighted by atomic mass is 10.2. The van der Waals surface area contributed by atoms with Crippen LogP contribution in [0.1, 0.15) is 5.56 Å². The van der Waals surface area contributed by atoms with E-state index in [0.29, 0.717) is 5.65 Å². The summed E-state index contributed by atoms with van der Waals surface area (Å²) in [6.45, 7) is 2.10. The van der Waals surface area contributed by atoms with Gasteiger partial charge in [-0.05, 0) is 30.7 Å². The number of nitrogens with zero attached hydrogens (tertiary/aromatic N) is 6. The minimum atomic E-state index is -0.0847. The molecule has 0 aliphatic carbocycles. The lowest BCUT2D eigenvalue weighted by Gasteiger charge is -2.23. The van der Waals surface area contributed by atoms with Gasteiger partial charge in [0.15, 0.2) is 11.5 Å². The Morgan fingerprint density at radius 3 is 2.75 bits per heavy atom. The Bertz CT molecular complexity index is 886. The zero-order chi connectivity index (χ0) is 17.3. The third kappa shape index (κ3) is 2.92. The van der Waals surface area contributed by atoms with Crippen molar-refractivity contribution in [2.75, 3.05) is 30.9 Å². The first-order valence-corrected chi connectivity index (χ1v) is 7.64. The molecule has 0 radical (unpaired) electrons. The maximum atomic E-state index is 12.7.